The molecule has 6 nitrogen and oxygen atoms in total. The Labute approximate surface area is 231 Å². The standard InChI is InChI=1S/C32H25ClN4O2/c1-23-7-6-10-29-31(23)32(36-22-35-29)39-37-28(19-18-27-9-4-5-20-34-27)17-14-25-8-2-3-11-30(25)38-21-24-12-15-26(33)16-13-24/h2-20,22H,21H2,1H3/b17-14+,19-18+,37-28-. The summed E-state index contributed by atoms with van der Waals surface area (Å²) in [6.07, 6.45) is 10.7. The van der Waals surface area contributed by atoms with Gasteiger partial charge in [-0.25, -0.2) is 4.98 Å². The number of benzene rings is 3. The van der Waals surface area contributed by atoms with E-state index in [2.05, 4.69) is 20.1 Å². The molecule has 0 N–H and O–H groups in total. The van der Waals surface area contributed by atoms with Crippen LogP contribution in [-0.4, -0.2) is 20.7 Å². The highest BCUT2D eigenvalue weighted by molar-refractivity contribution is 6.30. The lowest BCUT2D eigenvalue weighted by molar-refractivity contribution is 0.305. The van der Waals surface area contributed by atoms with Crippen molar-refractivity contribution in [3.63, 3.8) is 0 Å². The van der Waals surface area contributed by atoms with Gasteiger partial charge in [0.05, 0.1) is 16.6 Å². The zero-order valence-corrected chi connectivity index (χ0v) is 22.0. The predicted molar refractivity (Wildman–Crippen MR) is 157 cm³/mol. The summed E-state index contributed by atoms with van der Waals surface area (Å²) in [6.45, 7) is 2.41. The van der Waals surface area contributed by atoms with Gasteiger partial charge in [-0.1, -0.05) is 65.3 Å². The normalized spacial score (nSPS) is 11.9. The van der Waals surface area contributed by atoms with Crippen LogP contribution in [0.15, 0.2) is 115 Å². The van der Waals surface area contributed by atoms with E-state index in [0.717, 1.165) is 39.0 Å². The summed E-state index contributed by atoms with van der Waals surface area (Å²) in [5, 5.41) is 5.93. The van der Waals surface area contributed by atoms with Gasteiger partial charge in [-0.15, -0.1) is 0 Å². The van der Waals surface area contributed by atoms with Gasteiger partial charge in [0.25, 0.3) is 5.88 Å². The van der Waals surface area contributed by atoms with Gasteiger partial charge < -0.3 is 9.57 Å². The molecule has 0 aliphatic rings. The van der Waals surface area contributed by atoms with Crippen LogP contribution in [0.2, 0.25) is 5.02 Å². The van der Waals surface area contributed by atoms with E-state index in [4.69, 9.17) is 21.2 Å². The lowest BCUT2D eigenvalue weighted by Gasteiger charge is -2.09. The Balaban J connectivity index is 1.42. The summed E-state index contributed by atoms with van der Waals surface area (Å²) in [5.74, 6) is 1.14. The van der Waals surface area contributed by atoms with Gasteiger partial charge in [0, 0.05) is 16.8 Å². The number of para-hydroxylation sites is 1. The number of hydrogen-bond acceptors (Lipinski definition) is 6. The zero-order valence-electron chi connectivity index (χ0n) is 21.2. The van der Waals surface area contributed by atoms with E-state index in [-0.39, 0.29) is 0 Å². The number of ether oxygens (including phenoxy) is 1. The molecule has 0 atom stereocenters. The Morgan fingerprint density at radius 1 is 0.846 bits per heavy atom. The summed E-state index contributed by atoms with van der Waals surface area (Å²) < 4.78 is 6.10. The summed E-state index contributed by atoms with van der Waals surface area (Å²) in [7, 11) is 0. The Hall–Kier alpha value is -4.81. The molecule has 0 saturated carbocycles. The van der Waals surface area contributed by atoms with Crippen LogP contribution in [0.25, 0.3) is 23.1 Å². The average molecular weight is 533 g/mol. The first-order valence-electron chi connectivity index (χ1n) is 12.3. The van der Waals surface area contributed by atoms with Crippen molar-refractivity contribution < 1.29 is 9.57 Å². The molecule has 5 aromatic rings. The first-order valence-corrected chi connectivity index (χ1v) is 12.7. The van der Waals surface area contributed by atoms with E-state index < -0.39 is 0 Å². The molecule has 0 aliphatic heterocycles. The molecule has 2 aromatic heterocycles. The number of rotatable bonds is 9. The molecule has 0 fully saturated rings. The van der Waals surface area contributed by atoms with E-state index >= 15 is 0 Å². The Kier molecular flexibility index (Phi) is 8.36. The Morgan fingerprint density at radius 2 is 1.67 bits per heavy atom. The topological polar surface area (TPSA) is 69.5 Å². The molecule has 0 bridgehead atoms. The van der Waals surface area contributed by atoms with Gasteiger partial charge in [0.15, 0.2) is 0 Å². The first kappa shape index (κ1) is 25.8. The second-order valence-corrected chi connectivity index (χ2v) is 9.07. The largest absolute Gasteiger partial charge is 0.488 e. The summed E-state index contributed by atoms with van der Waals surface area (Å²) in [6, 6.07) is 27.0. The molecular formula is C32H25ClN4O2. The highest BCUT2D eigenvalue weighted by Crippen LogP contribution is 2.25. The van der Waals surface area contributed by atoms with Crippen LogP contribution in [0.1, 0.15) is 22.4 Å². The van der Waals surface area contributed by atoms with Crippen LogP contribution < -0.4 is 9.57 Å². The number of hydrogen-bond donors (Lipinski definition) is 0. The van der Waals surface area contributed by atoms with E-state index in [1.165, 1.54) is 6.33 Å². The number of halogens is 1. The van der Waals surface area contributed by atoms with Crippen molar-refractivity contribution in [3.8, 4) is 11.6 Å². The maximum atomic E-state index is 6.10. The first-order chi connectivity index (χ1) is 19.2. The molecule has 0 unspecified atom stereocenters. The maximum Gasteiger partial charge on any atom is 0.259 e. The number of allylic oxidation sites excluding steroid dienone is 2. The number of aromatic nitrogens is 3. The van der Waals surface area contributed by atoms with Crippen LogP contribution in [0, 0.1) is 6.92 Å². The van der Waals surface area contributed by atoms with Crippen LogP contribution in [-0.2, 0) is 6.61 Å². The quantitative estimate of drug-likeness (QED) is 0.143. The lowest BCUT2D eigenvalue weighted by atomic mass is 10.1. The highest BCUT2D eigenvalue weighted by atomic mass is 35.5. The van der Waals surface area contributed by atoms with Gasteiger partial charge in [-0.2, -0.15) is 4.98 Å². The second kappa shape index (κ2) is 12.6. The monoisotopic (exact) mass is 532 g/mol. The minimum Gasteiger partial charge on any atom is -0.488 e. The number of aryl methyl sites for hydroxylation is 1. The van der Waals surface area contributed by atoms with E-state index in [9.17, 15) is 0 Å². The SMILES string of the molecule is Cc1cccc2ncnc(O/N=C(\C=C\c3ccccn3)/C=C/c3ccccc3OCc3ccc(Cl)cc3)c12. The molecule has 39 heavy (non-hydrogen) atoms. The van der Waals surface area contributed by atoms with Gasteiger partial charge in [-0.3, -0.25) is 4.98 Å². The molecule has 0 saturated heterocycles. The number of nitrogens with zero attached hydrogens (tertiary/aromatic N) is 4. The summed E-state index contributed by atoms with van der Waals surface area (Å²) in [5.41, 5.74) is 5.09. The van der Waals surface area contributed by atoms with Gasteiger partial charge >= 0.3 is 0 Å². The van der Waals surface area contributed by atoms with Crippen molar-refractivity contribution in [1.29, 1.82) is 0 Å². The minimum atomic E-state index is 0.391. The minimum absolute atomic E-state index is 0.391. The zero-order chi connectivity index (χ0) is 26.9. The second-order valence-electron chi connectivity index (χ2n) is 8.63. The van der Waals surface area contributed by atoms with Crippen molar-refractivity contribution in [2.45, 2.75) is 13.5 Å². The summed E-state index contributed by atoms with van der Waals surface area (Å²) >= 11 is 6.00. The number of pyridine rings is 1. The molecule has 2 heterocycles. The van der Waals surface area contributed by atoms with Crippen molar-refractivity contribution in [2.24, 2.45) is 5.16 Å². The van der Waals surface area contributed by atoms with Gasteiger partial charge in [0.1, 0.15) is 24.4 Å². The maximum absolute atomic E-state index is 6.10. The molecule has 3 aromatic carbocycles. The smallest absolute Gasteiger partial charge is 0.259 e. The molecule has 0 aliphatic carbocycles. The molecule has 5 rings (SSSR count). The molecular weight excluding hydrogens is 508 g/mol. The average Bonchev–Trinajstić information content (AvgIpc) is 2.97. The molecule has 0 radical (unpaired) electrons. The fourth-order valence-electron chi connectivity index (χ4n) is 3.84. The molecule has 0 spiro atoms. The van der Waals surface area contributed by atoms with Crippen LogP contribution >= 0.6 is 11.6 Å². The Bertz CT molecular complexity index is 1640. The van der Waals surface area contributed by atoms with Crippen molar-refractivity contribution in [3.05, 3.63) is 137 Å². The fraction of sp³-hybridized carbons (Fsp3) is 0.0625. The predicted octanol–water partition coefficient (Wildman–Crippen LogP) is 7.73. The van der Waals surface area contributed by atoms with Crippen LogP contribution in [0.5, 0.6) is 11.6 Å². The van der Waals surface area contributed by atoms with Crippen molar-refractivity contribution >= 4 is 40.4 Å². The third kappa shape index (κ3) is 6.94. The highest BCUT2D eigenvalue weighted by Gasteiger charge is 2.08. The molecule has 0 amide bonds. The van der Waals surface area contributed by atoms with Crippen molar-refractivity contribution in [2.75, 3.05) is 0 Å². The van der Waals surface area contributed by atoms with E-state index in [1.807, 2.05) is 116 Å². The van der Waals surface area contributed by atoms with Gasteiger partial charge in [-0.05, 0) is 78.8 Å². The van der Waals surface area contributed by atoms with Crippen LogP contribution in [0.4, 0.5) is 0 Å². The third-order valence-electron chi connectivity index (χ3n) is 5.85. The lowest BCUT2D eigenvalue weighted by Crippen LogP contribution is -1.98. The molecule has 7 heteroatoms. The molecule has 192 valence electrons. The summed E-state index contributed by atoms with van der Waals surface area (Å²) in [4.78, 5) is 18.9. The van der Waals surface area contributed by atoms with Crippen LogP contribution in [0.3, 0.4) is 0 Å². The Morgan fingerprint density at radius 3 is 2.51 bits per heavy atom. The van der Waals surface area contributed by atoms with Gasteiger partial charge in [0.2, 0.25) is 0 Å². The number of fused-ring (bicyclic) bond motifs is 1. The van der Waals surface area contributed by atoms with E-state index in [0.29, 0.717) is 23.2 Å². The number of oxime groups is 1. The fourth-order valence-corrected chi connectivity index (χ4v) is 3.97. The van der Waals surface area contributed by atoms with Crippen molar-refractivity contribution in [1.82, 2.24) is 15.0 Å². The third-order valence-corrected chi connectivity index (χ3v) is 6.10. The van der Waals surface area contributed by atoms with E-state index in [1.54, 1.807) is 6.20 Å².